The normalized spacial score (nSPS) is 13.3. The molecular weight excluding hydrogens is 283 g/mol. The predicted octanol–water partition coefficient (Wildman–Crippen LogP) is 1.13. The Morgan fingerprint density at radius 3 is 2.70 bits per heavy atom. The first-order valence-corrected chi connectivity index (χ1v) is 7.61. The van der Waals surface area contributed by atoms with Crippen molar-refractivity contribution < 1.29 is 12.8 Å². The molecule has 2 rings (SSSR count). The zero-order valence-electron chi connectivity index (χ0n) is 11.1. The van der Waals surface area contributed by atoms with Crippen molar-refractivity contribution in [1.82, 2.24) is 19.5 Å². The van der Waals surface area contributed by atoms with Gasteiger partial charge in [0.15, 0.2) is 0 Å². The van der Waals surface area contributed by atoms with Crippen molar-refractivity contribution in [2.45, 2.75) is 18.7 Å². The summed E-state index contributed by atoms with van der Waals surface area (Å²) in [7, 11) is -1.95. The fourth-order valence-electron chi connectivity index (χ4n) is 1.87. The average molecular weight is 298 g/mol. The summed E-state index contributed by atoms with van der Waals surface area (Å²) in [5, 5.41) is 7.53. The van der Waals surface area contributed by atoms with Gasteiger partial charge in [-0.1, -0.05) is 18.2 Å². The number of aromatic nitrogens is 3. The van der Waals surface area contributed by atoms with Crippen LogP contribution in [0.1, 0.15) is 24.4 Å². The van der Waals surface area contributed by atoms with E-state index in [1.807, 2.05) is 0 Å². The maximum absolute atomic E-state index is 13.5. The van der Waals surface area contributed by atoms with Crippen molar-refractivity contribution in [2.24, 2.45) is 7.05 Å². The van der Waals surface area contributed by atoms with E-state index in [0.717, 1.165) is 0 Å². The Labute approximate surface area is 116 Å². The minimum absolute atomic E-state index is 0.130. The van der Waals surface area contributed by atoms with Gasteiger partial charge in [0.1, 0.15) is 18.0 Å². The minimum Gasteiger partial charge on any atom is -0.319 e. The van der Waals surface area contributed by atoms with Crippen molar-refractivity contribution in [3.63, 3.8) is 0 Å². The third-order valence-corrected chi connectivity index (χ3v) is 4.20. The molecule has 0 bridgehead atoms. The molecule has 0 aliphatic rings. The SMILES string of the molecule is CC(NS(=O)(=O)Cc1ccccc1F)c1nncn1C. The van der Waals surface area contributed by atoms with Gasteiger partial charge in [0.05, 0.1) is 11.8 Å². The van der Waals surface area contributed by atoms with Gasteiger partial charge >= 0.3 is 0 Å². The van der Waals surface area contributed by atoms with Crippen molar-refractivity contribution in [3.05, 3.63) is 47.8 Å². The highest BCUT2D eigenvalue weighted by atomic mass is 32.2. The number of nitrogens with zero attached hydrogens (tertiary/aromatic N) is 3. The highest BCUT2D eigenvalue weighted by Crippen LogP contribution is 2.14. The standard InChI is InChI=1S/C12H15FN4O2S/c1-9(12-15-14-8-17(12)2)16-20(18,19)7-10-5-3-4-6-11(10)13/h3-6,8-9,16H,7H2,1-2H3. The molecule has 6 nitrogen and oxygen atoms in total. The molecule has 0 aliphatic carbocycles. The van der Waals surface area contributed by atoms with Gasteiger partial charge in [-0.3, -0.25) is 0 Å². The van der Waals surface area contributed by atoms with Gasteiger partial charge in [-0.15, -0.1) is 10.2 Å². The third kappa shape index (κ3) is 3.40. The number of hydrogen-bond donors (Lipinski definition) is 1. The number of halogens is 1. The van der Waals surface area contributed by atoms with Gasteiger partial charge in [-0.05, 0) is 13.0 Å². The summed E-state index contributed by atoms with van der Waals surface area (Å²) in [5.74, 6) is -0.465. The van der Waals surface area contributed by atoms with Gasteiger partial charge in [0.25, 0.3) is 0 Å². The molecule has 0 radical (unpaired) electrons. The van der Waals surface area contributed by atoms with Crippen LogP contribution in [0.2, 0.25) is 0 Å². The summed E-state index contributed by atoms with van der Waals surface area (Å²) in [6.07, 6.45) is 1.48. The lowest BCUT2D eigenvalue weighted by Gasteiger charge is -2.13. The van der Waals surface area contributed by atoms with Crippen molar-refractivity contribution in [1.29, 1.82) is 0 Å². The number of aryl methyl sites for hydroxylation is 1. The summed E-state index contributed by atoms with van der Waals surface area (Å²) in [4.78, 5) is 0. The van der Waals surface area contributed by atoms with Crippen LogP contribution in [0, 0.1) is 5.82 Å². The zero-order chi connectivity index (χ0) is 14.8. The van der Waals surface area contributed by atoms with Crippen molar-refractivity contribution >= 4 is 10.0 Å². The summed E-state index contributed by atoms with van der Waals surface area (Å²) in [6, 6.07) is 5.25. The van der Waals surface area contributed by atoms with Crippen LogP contribution in [0.25, 0.3) is 0 Å². The van der Waals surface area contributed by atoms with Crippen LogP contribution in [-0.4, -0.2) is 23.2 Å². The smallest absolute Gasteiger partial charge is 0.216 e. The molecule has 0 fully saturated rings. The quantitative estimate of drug-likeness (QED) is 0.898. The summed E-state index contributed by atoms with van der Waals surface area (Å²) in [6.45, 7) is 1.66. The monoisotopic (exact) mass is 298 g/mol. The Morgan fingerprint density at radius 2 is 2.10 bits per heavy atom. The molecule has 1 aromatic carbocycles. The van der Waals surface area contributed by atoms with Crippen LogP contribution >= 0.6 is 0 Å². The molecule has 0 aliphatic heterocycles. The highest BCUT2D eigenvalue weighted by Gasteiger charge is 2.20. The van der Waals surface area contributed by atoms with Crippen LogP contribution in [-0.2, 0) is 22.8 Å². The van der Waals surface area contributed by atoms with E-state index in [2.05, 4.69) is 14.9 Å². The van der Waals surface area contributed by atoms with Gasteiger partial charge in [-0.25, -0.2) is 17.5 Å². The average Bonchev–Trinajstić information content (AvgIpc) is 2.78. The first kappa shape index (κ1) is 14.6. The molecule has 0 spiro atoms. The molecule has 20 heavy (non-hydrogen) atoms. The number of benzene rings is 1. The van der Waals surface area contributed by atoms with Gasteiger partial charge in [-0.2, -0.15) is 0 Å². The molecule has 0 saturated heterocycles. The molecule has 108 valence electrons. The molecule has 0 amide bonds. The lowest BCUT2D eigenvalue weighted by atomic mass is 10.2. The van der Waals surface area contributed by atoms with E-state index in [9.17, 15) is 12.8 Å². The Bertz CT molecular complexity index is 699. The van der Waals surface area contributed by atoms with Crippen LogP contribution in [0.3, 0.4) is 0 Å². The summed E-state index contributed by atoms with van der Waals surface area (Å²) in [5.41, 5.74) is 0.130. The maximum atomic E-state index is 13.5. The number of rotatable bonds is 5. The molecule has 8 heteroatoms. The molecule has 1 atom stereocenters. The molecule has 2 aromatic rings. The first-order valence-electron chi connectivity index (χ1n) is 5.96. The van der Waals surface area contributed by atoms with Gasteiger partial charge in [0, 0.05) is 12.6 Å². The number of nitrogens with one attached hydrogen (secondary N) is 1. The molecule has 1 heterocycles. The van der Waals surface area contributed by atoms with E-state index in [1.165, 1.54) is 24.5 Å². The van der Waals surface area contributed by atoms with E-state index in [-0.39, 0.29) is 5.56 Å². The largest absolute Gasteiger partial charge is 0.319 e. The van der Waals surface area contributed by atoms with Crippen LogP contribution < -0.4 is 4.72 Å². The summed E-state index contributed by atoms with van der Waals surface area (Å²) < 4.78 is 41.6. The second-order valence-electron chi connectivity index (χ2n) is 4.49. The van der Waals surface area contributed by atoms with Crippen LogP contribution in [0.4, 0.5) is 4.39 Å². The van der Waals surface area contributed by atoms with E-state index in [4.69, 9.17) is 0 Å². The molecule has 1 aromatic heterocycles. The number of hydrogen-bond acceptors (Lipinski definition) is 4. The Morgan fingerprint density at radius 1 is 1.40 bits per heavy atom. The van der Waals surface area contributed by atoms with E-state index in [0.29, 0.717) is 5.82 Å². The topological polar surface area (TPSA) is 76.9 Å². The van der Waals surface area contributed by atoms with E-state index < -0.39 is 27.6 Å². The van der Waals surface area contributed by atoms with Crippen molar-refractivity contribution in [3.8, 4) is 0 Å². The predicted molar refractivity (Wildman–Crippen MR) is 71.6 cm³/mol. The minimum atomic E-state index is -3.67. The number of sulfonamides is 1. The first-order chi connectivity index (χ1) is 9.39. The van der Waals surface area contributed by atoms with Crippen LogP contribution in [0.15, 0.2) is 30.6 Å². The molecule has 1 N–H and O–H groups in total. The third-order valence-electron chi connectivity index (χ3n) is 2.79. The van der Waals surface area contributed by atoms with Gasteiger partial charge in [0.2, 0.25) is 10.0 Å². The van der Waals surface area contributed by atoms with E-state index in [1.54, 1.807) is 24.6 Å². The fourth-order valence-corrected chi connectivity index (χ4v) is 3.24. The van der Waals surface area contributed by atoms with E-state index >= 15 is 0 Å². The second kappa shape index (κ2) is 5.68. The Balaban J connectivity index is 2.12. The zero-order valence-corrected chi connectivity index (χ0v) is 11.9. The summed E-state index contributed by atoms with van der Waals surface area (Å²) >= 11 is 0. The lowest BCUT2D eigenvalue weighted by molar-refractivity contribution is 0.549. The van der Waals surface area contributed by atoms with Gasteiger partial charge < -0.3 is 4.57 Å². The molecule has 1 unspecified atom stereocenters. The highest BCUT2D eigenvalue weighted by molar-refractivity contribution is 7.88. The van der Waals surface area contributed by atoms with Crippen molar-refractivity contribution in [2.75, 3.05) is 0 Å². The van der Waals surface area contributed by atoms with Crippen LogP contribution in [0.5, 0.6) is 0 Å². The second-order valence-corrected chi connectivity index (χ2v) is 6.24. The lowest BCUT2D eigenvalue weighted by Crippen LogP contribution is -2.29. The Kier molecular flexibility index (Phi) is 4.15. The maximum Gasteiger partial charge on any atom is 0.216 e. The fraction of sp³-hybridized carbons (Fsp3) is 0.333. The molecule has 0 saturated carbocycles. The Hall–Kier alpha value is -1.80. The molecular formula is C12H15FN4O2S.